The van der Waals surface area contributed by atoms with Crippen molar-refractivity contribution in [3.63, 3.8) is 0 Å². The van der Waals surface area contributed by atoms with Gasteiger partial charge in [0.05, 0.1) is 12.6 Å². The Morgan fingerprint density at radius 1 is 1.41 bits per heavy atom. The predicted molar refractivity (Wildman–Crippen MR) is 58.9 cm³/mol. The van der Waals surface area contributed by atoms with Crippen LogP contribution >= 0.6 is 0 Å². The van der Waals surface area contributed by atoms with Gasteiger partial charge in [0.2, 0.25) is 5.91 Å². The van der Waals surface area contributed by atoms with E-state index in [-0.39, 0.29) is 25.1 Å². The average Bonchev–Trinajstić information content (AvgIpc) is 2.71. The summed E-state index contributed by atoms with van der Waals surface area (Å²) in [5.41, 5.74) is 0. The number of carbonyl (C=O) groups is 1. The summed E-state index contributed by atoms with van der Waals surface area (Å²) in [4.78, 5) is 13.8. The van der Waals surface area contributed by atoms with E-state index in [9.17, 15) is 9.90 Å². The van der Waals surface area contributed by atoms with Gasteiger partial charge in [-0.2, -0.15) is 0 Å². The highest BCUT2D eigenvalue weighted by atomic mass is 16.3. The van der Waals surface area contributed by atoms with Crippen LogP contribution in [-0.4, -0.2) is 55.3 Å². The van der Waals surface area contributed by atoms with Gasteiger partial charge >= 0.3 is 0 Å². The fourth-order valence-electron chi connectivity index (χ4n) is 2.18. The minimum absolute atomic E-state index is 0.0291. The van der Waals surface area contributed by atoms with Gasteiger partial charge in [0.15, 0.2) is 0 Å². The lowest BCUT2D eigenvalue weighted by molar-refractivity contribution is -0.135. The lowest BCUT2D eigenvalue weighted by atomic mass is 10.1. The monoisotopic (exact) mass is 239 g/mol. The summed E-state index contributed by atoms with van der Waals surface area (Å²) >= 11 is 0. The Hall–Kier alpha value is -1.50. The molecule has 1 N–H and O–H groups in total. The average molecular weight is 239 g/mol. The Morgan fingerprint density at radius 3 is 3.00 bits per heavy atom. The second-order valence-electron chi connectivity index (χ2n) is 4.28. The first kappa shape index (κ1) is 12.0. The van der Waals surface area contributed by atoms with Crippen LogP contribution in [-0.2, 0) is 11.3 Å². The molecule has 1 unspecified atom stereocenters. The third-order valence-electron chi connectivity index (χ3n) is 3.10. The van der Waals surface area contributed by atoms with E-state index in [0.29, 0.717) is 6.54 Å². The van der Waals surface area contributed by atoms with Crippen LogP contribution in [0, 0.1) is 0 Å². The molecule has 1 aliphatic heterocycles. The Bertz CT molecular complexity index is 354. The molecule has 0 spiro atoms. The van der Waals surface area contributed by atoms with Crippen LogP contribution in [0.3, 0.4) is 0 Å². The molecular formula is C10H17N5O2. The van der Waals surface area contributed by atoms with Crippen molar-refractivity contribution in [2.45, 2.75) is 38.3 Å². The van der Waals surface area contributed by atoms with Gasteiger partial charge in [-0.25, -0.2) is 4.68 Å². The number of nitrogens with zero attached hydrogens (tertiary/aromatic N) is 5. The zero-order valence-corrected chi connectivity index (χ0v) is 9.70. The number of aliphatic hydroxyl groups excluding tert-OH is 1. The fraction of sp³-hybridized carbons (Fsp3) is 0.800. The number of aromatic nitrogens is 4. The van der Waals surface area contributed by atoms with E-state index < -0.39 is 0 Å². The zero-order valence-electron chi connectivity index (χ0n) is 9.70. The largest absolute Gasteiger partial charge is 0.394 e. The van der Waals surface area contributed by atoms with Crippen molar-refractivity contribution in [1.29, 1.82) is 0 Å². The third kappa shape index (κ3) is 3.00. The molecule has 1 aliphatic rings. The van der Waals surface area contributed by atoms with Gasteiger partial charge in [0, 0.05) is 6.54 Å². The Balaban J connectivity index is 2.00. The van der Waals surface area contributed by atoms with E-state index in [2.05, 4.69) is 15.5 Å². The Kier molecular flexibility index (Phi) is 4.03. The number of tetrazole rings is 1. The first-order chi connectivity index (χ1) is 8.31. The molecule has 17 heavy (non-hydrogen) atoms. The minimum Gasteiger partial charge on any atom is -0.394 e. The molecule has 94 valence electrons. The summed E-state index contributed by atoms with van der Waals surface area (Å²) in [6, 6.07) is -0.0542. The molecule has 1 aromatic heterocycles. The van der Waals surface area contributed by atoms with Crippen molar-refractivity contribution in [2.24, 2.45) is 0 Å². The molecule has 1 aromatic rings. The van der Waals surface area contributed by atoms with Gasteiger partial charge < -0.3 is 10.0 Å². The number of hydrogen-bond acceptors (Lipinski definition) is 5. The van der Waals surface area contributed by atoms with Crippen molar-refractivity contribution < 1.29 is 9.90 Å². The lowest BCUT2D eigenvalue weighted by Gasteiger charge is -2.28. The van der Waals surface area contributed by atoms with Gasteiger partial charge in [-0.15, -0.1) is 5.10 Å². The van der Waals surface area contributed by atoms with Crippen LogP contribution in [0.15, 0.2) is 6.33 Å². The standard InChI is InChI=1S/C10H17N5O2/c16-7-9-4-2-1-3-5-15(9)10(17)6-14-8-11-12-13-14/h8-9,16H,1-7H2. The van der Waals surface area contributed by atoms with Gasteiger partial charge in [-0.05, 0) is 23.3 Å². The van der Waals surface area contributed by atoms with Crippen LogP contribution in [0.4, 0.5) is 0 Å². The van der Waals surface area contributed by atoms with E-state index >= 15 is 0 Å². The van der Waals surface area contributed by atoms with Gasteiger partial charge in [-0.1, -0.05) is 12.8 Å². The zero-order chi connectivity index (χ0) is 12.1. The fourth-order valence-corrected chi connectivity index (χ4v) is 2.18. The maximum absolute atomic E-state index is 12.1. The molecule has 1 amide bonds. The molecule has 0 bridgehead atoms. The van der Waals surface area contributed by atoms with E-state index in [1.54, 1.807) is 4.90 Å². The lowest BCUT2D eigenvalue weighted by Crippen LogP contribution is -2.43. The summed E-state index contributed by atoms with van der Waals surface area (Å²) < 4.78 is 1.40. The number of aliphatic hydroxyl groups is 1. The number of hydrogen-bond donors (Lipinski definition) is 1. The molecule has 0 radical (unpaired) electrons. The van der Waals surface area contributed by atoms with E-state index in [1.165, 1.54) is 11.0 Å². The molecule has 2 heterocycles. The molecule has 0 aliphatic carbocycles. The molecule has 1 fully saturated rings. The van der Waals surface area contributed by atoms with Crippen molar-refractivity contribution in [2.75, 3.05) is 13.2 Å². The molecule has 0 saturated carbocycles. The van der Waals surface area contributed by atoms with Gasteiger partial charge in [-0.3, -0.25) is 4.79 Å². The highest BCUT2D eigenvalue weighted by molar-refractivity contribution is 5.76. The number of likely N-dealkylation sites (tertiary alicyclic amines) is 1. The van der Waals surface area contributed by atoms with Crippen LogP contribution in [0.5, 0.6) is 0 Å². The second-order valence-corrected chi connectivity index (χ2v) is 4.28. The second kappa shape index (κ2) is 5.72. The molecule has 2 rings (SSSR count). The van der Waals surface area contributed by atoms with Gasteiger partial charge in [0.25, 0.3) is 0 Å². The molecule has 7 heteroatoms. The van der Waals surface area contributed by atoms with E-state index in [0.717, 1.165) is 25.7 Å². The SMILES string of the molecule is O=C(Cn1cnnn1)N1CCCCCC1CO. The third-order valence-corrected chi connectivity index (χ3v) is 3.10. The maximum Gasteiger partial charge on any atom is 0.244 e. The normalized spacial score (nSPS) is 21.2. The van der Waals surface area contributed by atoms with E-state index in [4.69, 9.17) is 0 Å². The maximum atomic E-state index is 12.1. The van der Waals surface area contributed by atoms with Crippen LogP contribution < -0.4 is 0 Å². The van der Waals surface area contributed by atoms with Crippen LogP contribution in [0.2, 0.25) is 0 Å². The summed E-state index contributed by atoms with van der Waals surface area (Å²) in [5.74, 6) is -0.0294. The summed E-state index contributed by atoms with van der Waals surface area (Å²) in [6.45, 7) is 0.886. The van der Waals surface area contributed by atoms with Crippen LogP contribution in [0.25, 0.3) is 0 Å². The summed E-state index contributed by atoms with van der Waals surface area (Å²) in [5, 5.41) is 20.0. The van der Waals surface area contributed by atoms with Gasteiger partial charge in [0.1, 0.15) is 12.9 Å². The minimum atomic E-state index is -0.0542. The van der Waals surface area contributed by atoms with Crippen molar-refractivity contribution in [1.82, 2.24) is 25.1 Å². The van der Waals surface area contributed by atoms with Crippen molar-refractivity contribution in [3.05, 3.63) is 6.33 Å². The van der Waals surface area contributed by atoms with E-state index in [1.807, 2.05) is 0 Å². The molecule has 1 saturated heterocycles. The number of amides is 1. The molecule has 0 aromatic carbocycles. The van der Waals surface area contributed by atoms with Crippen molar-refractivity contribution >= 4 is 5.91 Å². The summed E-state index contributed by atoms with van der Waals surface area (Å²) in [6.07, 6.45) is 5.48. The number of carbonyl (C=O) groups excluding carboxylic acids is 1. The van der Waals surface area contributed by atoms with Crippen molar-refractivity contribution in [3.8, 4) is 0 Å². The molecular weight excluding hydrogens is 222 g/mol. The molecule has 1 atom stereocenters. The quantitative estimate of drug-likeness (QED) is 0.764. The first-order valence-corrected chi connectivity index (χ1v) is 5.92. The molecule has 7 nitrogen and oxygen atoms in total. The number of rotatable bonds is 3. The Labute approximate surface area is 99.4 Å². The summed E-state index contributed by atoms with van der Waals surface area (Å²) in [7, 11) is 0. The topological polar surface area (TPSA) is 84.1 Å². The predicted octanol–water partition coefficient (Wildman–Crippen LogP) is -0.563. The Morgan fingerprint density at radius 2 is 2.29 bits per heavy atom. The smallest absolute Gasteiger partial charge is 0.244 e. The highest BCUT2D eigenvalue weighted by Gasteiger charge is 2.24. The highest BCUT2D eigenvalue weighted by Crippen LogP contribution is 2.16. The van der Waals surface area contributed by atoms with Crippen LogP contribution in [0.1, 0.15) is 25.7 Å². The first-order valence-electron chi connectivity index (χ1n) is 5.92.